The molecular weight excluding hydrogens is 304 g/mol. The highest BCUT2D eigenvalue weighted by Crippen LogP contribution is 2.50. The topological polar surface area (TPSA) is 69.7 Å². The van der Waals surface area contributed by atoms with Gasteiger partial charge in [0.05, 0.1) is 24.0 Å². The van der Waals surface area contributed by atoms with Crippen LogP contribution in [0, 0.1) is 24.7 Å². The smallest absolute Gasteiger partial charge is 0.309 e. The minimum Gasteiger partial charge on any atom is -0.469 e. The molecule has 2 aliphatic carbocycles. The third-order valence-corrected chi connectivity index (χ3v) is 6.17. The van der Waals surface area contributed by atoms with Crippen molar-refractivity contribution in [3.05, 3.63) is 29.8 Å². The molecule has 2 saturated carbocycles. The van der Waals surface area contributed by atoms with Crippen LogP contribution in [-0.2, 0) is 23.8 Å². The molecule has 6 heteroatoms. The Kier molecular flexibility index (Phi) is 3.99. The standard InChI is InChI=1S/C16H20O5S/c1-10-3-5-12(6-4-10)22(18,19)21-15-9-11-7-13(15)14(8-11)16(17)20-2/h3-6,11,13-15H,7-9H2,1-2H3/t11-,13-,14-,15+/m0/s1. The van der Waals surface area contributed by atoms with Crippen molar-refractivity contribution in [3.8, 4) is 0 Å². The first-order chi connectivity index (χ1) is 10.4. The number of rotatable bonds is 4. The minimum absolute atomic E-state index is 0.0577. The lowest BCUT2D eigenvalue weighted by Gasteiger charge is -2.27. The maximum absolute atomic E-state index is 12.4. The number of methoxy groups -OCH3 is 1. The van der Waals surface area contributed by atoms with E-state index in [0.717, 1.165) is 18.4 Å². The molecule has 120 valence electrons. The van der Waals surface area contributed by atoms with Crippen LogP contribution < -0.4 is 0 Å². The summed E-state index contributed by atoms with van der Waals surface area (Å²) in [7, 11) is -2.42. The van der Waals surface area contributed by atoms with Crippen molar-refractivity contribution in [1.82, 2.24) is 0 Å². The zero-order valence-corrected chi connectivity index (χ0v) is 13.5. The summed E-state index contributed by atoms with van der Waals surface area (Å²) in [5, 5.41) is 0. The lowest BCUT2D eigenvalue weighted by Crippen LogP contribution is -2.34. The molecule has 0 amide bonds. The normalized spacial score (nSPS) is 30.5. The van der Waals surface area contributed by atoms with Gasteiger partial charge in [0.15, 0.2) is 0 Å². The summed E-state index contributed by atoms with van der Waals surface area (Å²) in [6, 6.07) is 6.59. The molecule has 0 aliphatic heterocycles. The lowest BCUT2D eigenvalue weighted by molar-refractivity contribution is -0.148. The van der Waals surface area contributed by atoms with Crippen LogP contribution >= 0.6 is 0 Å². The molecule has 5 nitrogen and oxygen atoms in total. The van der Waals surface area contributed by atoms with Gasteiger partial charge in [-0.05, 0) is 44.2 Å². The summed E-state index contributed by atoms with van der Waals surface area (Å²) < 4.78 is 35.0. The predicted molar refractivity (Wildman–Crippen MR) is 79.6 cm³/mol. The Balaban J connectivity index is 1.76. The fourth-order valence-corrected chi connectivity index (χ4v) is 4.87. The number of carbonyl (C=O) groups is 1. The molecule has 1 aromatic carbocycles. The quantitative estimate of drug-likeness (QED) is 0.628. The largest absolute Gasteiger partial charge is 0.469 e. The van der Waals surface area contributed by atoms with Gasteiger partial charge in [0.2, 0.25) is 0 Å². The Labute approximate surface area is 130 Å². The maximum atomic E-state index is 12.4. The van der Waals surface area contributed by atoms with Crippen LogP contribution in [0.4, 0.5) is 0 Å². The van der Waals surface area contributed by atoms with E-state index in [1.54, 1.807) is 24.3 Å². The highest BCUT2D eigenvalue weighted by Gasteiger charge is 2.51. The van der Waals surface area contributed by atoms with Gasteiger partial charge >= 0.3 is 5.97 Å². The summed E-state index contributed by atoms with van der Waals surface area (Å²) in [4.78, 5) is 12.0. The Bertz CT molecular complexity index is 664. The predicted octanol–water partition coefficient (Wildman–Crippen LogP) is 2.29. The van der Waals surface area contributed by atoms with Crippen molar-refractivity contribution in [2.45, 2.75) is 37.2 Å². The third-order valence-electron chi connectivity index (χ3n) is 4.82. The van der Waals surface area contributed by atoms with Crippen LogP contribution in [0.25, 0.3) is 0 Å². The zero-order valence-electron chi connectivity index (χ0n) is 12.7. The molecule has 2 aliphatic rings. The van der Waals surface area contributed by atoms with Crippen molar-refractivity contribution in [3.63, 3.8) is 0 Å². The molecule has 1 aromatic rings. The molecule has 2 fully saturated rings. The number of hydrogen-bond acceptors (Lipinski definition) is 5. The molecule has 0 spiro atoms. The Hall–Kier alpha value is -1.40. The number of hydrogen-bond donors (Lipinski definition) is 0. The van der Waals surface area contributed by atoms with E-state index in [0.29, 0.717) is 12.3 Å². The Morgan fingerprint density at radius 1 is 1.14 bits per heavy atom. The van der Waals surface area contributed by atoms with Gasteiger partial charge in [-0.25, -0.2) is 0 Å². The summed E-state index contributed by atoms with van der Waals surface area (Å²) in [6.07, 6.45) is 1.90. The van der Waals surface area contributed by atoms with Gasteiger partial charge in [0, 0.05) is 5.92 Å². The Morgan fingerprint density at radius 2 is 1.82 bits per heavy atom. The molecule has 0 radical (unpaired) electrons. The molecule has 22 heavy (non-hydrogen) atoms. The van der Waals surface area contributed by atoms with E-state index in [-0.39, 0.29) is 22.7 Å². The average Bonchev–Trinajstić information content (AvgIpc) is 3.06. The molecule has 2 bridgehead atoms. The number of aryl methyl sites for hydroxylation is 1. The molecule has 3 rings (SSSR count). The van der Waals surface area contributed by atoms with Crippen LogP contribution in [0.2, 0.25) is 0 Å². The van der Waals surface area contributed by atoms with Crippen molar-refractivity contribution >= 4 is 16.1 Å². The highest BCUT2D eigenvalue weighted by molar-refractivity contribution is 7.86. The van der Waals surface area contributed by atoms with Gasteiger partial charge in [-0.2, -0.15) is 8.42 Å². The SMILES string of the molecule is COC(=O)[C@H]1C[C@@H]2C[C@@H]1[C@H](OS(=O)(=O)c1ccc(C)cc1)C2. The van der Waals surface area contributed by atoms with Crippen molar-refractivity contribution in [1.29, 1.82) is 0 Å². The molecular formula is C16H20O5S. The second-order valence-electron chi connectivity index (χ2n) is 6.27. The monoisotopic (exact) mass is 324 g/mol. The Morgan fingerprint density at radius 3 is 2.41 bits per heavy atom. The number of esters is 1. The molecule has 4 atom stereocenters. The summed E-state index contributed by atoms with van der Waals surface area (Å²) in [6.45, 7) is 1.90. The first-order valence-electron chi connectivity index (χ1n) is 7.48. The fourth-order valence-electron chi connectivity index (χ4n) is 3.74. The van der Waals surface area contributed by atoms with E-state index >= 15 is 0 Å². The van der Waals surface area contributed by atoms with E-state index in [1.807, 2.05) is 6.92 Å². The second kappa shape index (κ2) is 5.66. The molecule has 0 heterocycles. The van der Waals surface area contributed by atoms with Crippen molar-refractivity contribution < 1.29 is 22.1 Å². The second-order valence-corrected chi connectivity index (χ2v) is 7.84. The summed E-state index contributed by atoms with van der Waals surface area (Å²) in [5.41, 5.74) is 0.990. The van der Waals surface area contributed by atoms with Crippen molar-refractivity contribution in [2.24, 2.45) is 17.8 Å². The highest BCUT2D eigenvalue weighted by atomic mass is 32.2. The molecule has 0 saturated heterocycles. The van der Waals surface area contributed by atoms with Crippen LogP contribution in [0.1, 0.15) is 24.8 Å². The van der Waals surface area contributed by atoms with Crippen LogP contribution in [-0.4, -0.2) is 27.6 Å². The third kappa shape index (κ3) is 2.77. The van der Waals surface area contributed by atoms with Crippen LogP contribution in [0.5, 0.6) is 0 Å². The van der Waals surface area contributed by atoms with E-state index in [9.17, 15) is 13.2 Å². The molecule has 0 N–H and O–H groups in total. The molecule has 0 aromatic heterocycles. The number of carbonyl (C=O) groups excluding carboxylic acids is 1. The van der Waals surface area contributed by atoms with Gasteiger partial charge in [0.1, 0.15) is 0 Å². The summed E-state index contributed by atoms with van der Waals surface area (Å²) >= 11 is 0. The van der Waals surface area contributed by atoms with Gasteiger partial charge in [0.25, 0.3) is 10.1 Å². The summed E-state index contributed by atoms with van der Waals surface area (Å²) in [5.74, 6) is -0.194. The van der Waals surface area contributed by atoms with Gasteiger partial charge in [-0.15, -0.1) is 0 Å². The van der Waals surface area contributed by atoms with E-state index in [2.05, 4.69) is 0 Å². The number of ether oxygens (including phenoxy) is 1. The zero-order chi connectivity index (χ0) is 15.9. The van der Waals surface area contributed by atoms with Gasteiger partial charge in [-0.1, -0.05) is 17.7 Å². The number of benzene rings is 1. The lowest BCUT2D eigenvalue weighted by atomic mass is 9.87. The van der Waals surface area contributed by atoms with Crippen LogP contribution in [0.15, 0.2) is 29.2 Å². The van der Waals surface area contributed by atoms with E-state index < -0.39 is 16.2 Å². The van der Waals surface area contributed by atoms with Crippen LogP contribution in [0.3, 0.4) is 0 Å². The van der Waals surface area contributed by atoms with Gasteiger partial charge < -0.3 is 4.74 Å². The molecule has 0 unspecified atom stereocenters. The first-order valence-corrected chi connectivity index (χ1v) is 8.89. The number of fused-ring (bicyclic) bond motifs is 2. The van der Waals surface area contributed by atoms with E-state index in [1.165, 1.54) is 7.11 Å². The van der Waals surface area contributed by atoms with Gasteiger partial charge in [-0.3, -0.25) is 8.98 Å². The van der Waals surface area contributed by atoms with Crippen molar-refractivity contribution in [2.75, 3.05) is 7.11 Å². The maximum Gasteiger partial charge on any atom is 0.309 e. The average molecular weight is 324 g/mol. The minimum atomic E-state index is -3.79. The van der Waals surface area contributed by atoms with E-state index in [4.69, 9.17) is 8.92 Å². The first kappa shape index (κ1) is 15.5. The fraction of sp³-hybridized carbons (Fsp3) is 0.562.